The molecular formula is C19H25NO4. The van der Waals surface area contributed by atoms with E-state index in [-0.39, 0.29) is 17.7 Å². The van der Waals surface area contributed by atoms with Gasteiger partial charge in [-0.2, -0.15) is 0 Å². The lowest BCUT2D eigenvalue weighted by molar-refractivity contribution is -0.169. The molecule has 2 saturated heterocycles. The third-order valence-corrected chi connectivity index (χ3v) is 5.92. The standard InChI is InChI=1S/C19H25NO4/c1-22-16-7-5-13(11-17(16)23-2)10-15-12-24-19-9-3-4-14(19)6-8-18(21)20(15)19/h5,7,11,14-15H,3-4,6,8-10,12H2,1-2H3/t14-,15-,19+/m0/s1. The Bertz CT molecular complexity index is 646. The van der Waals surface area contributed by atoms with Gasteiger partial charge in [-0.25, -0.2) is 0 Å². The molecule has 130 valence electrons. The van der Waals surface area contributed by atoms with Gasteiger partial charge in [0.15, 0.2) is 11.5 Å². The lowest BCUT2D eigenvalue weighted by Crippen LogP contribution is -2.57. The number of rotatable bonds is 4. The summed E-state index contributed by atoms with van der Waals surface area (Å²) in [5, 5.41) is 0. The molecule has 2 aliphatic heterocycles. The van der Waals surface area contributed by atoms with Crippen LogP contribution >= 0.6 is 0 Å². The third-order valence-electron chi connectivity index (χ3n) is 5.92. The monoisotopic (exact) mass is 331 g/mol. The fourth-order valence-corrected chi connectivity index (χ4v) is 4.86. The van der Waals surface area contributed by atoms with Gasteiger partial charge in [0.05, 0.1) is 26.9 Å². The highest BCUT2D eigenvalue weighted by Gasteiger charge is 2.58. The number of benzene rings is 1. The van der Waals surface area contributed by atoms with Crippen LogP contribution in [0.15, 0.2) is 18.2 Å². The molecule has 1 spiro atoms. The molecule has 0 radical (unpaired) electrons. The average Bonchev–Trinajstić information content (AvgIpc) is 3.18. The molecule has 5 nitrogen and oxygen atoms in total. The minimum absolute atomic E-state index is 0.122. The smallest absolute Gasteiger partial charge is 0.225 e. The Kier molecular flexibility index (Phi) is 3.91. The highest BCUT2D eigenvalue weighted by molar-refractivity contribution is 5.78. The van der Waals surface area contributed by atoms with Crippen molar-refractivity contribution in [3.63, 3.8) is 0 Å². The first-order valence-electron chi connectivity index (χ1n) is 8.85. The van der Waals surface area contributed by atoms with E-state index >= 15 is 0 Å². The SMILES string of the molecule is COc1ccc(C[C@H]2CO[C@]34CCC[C@H]3CCC(=O)N24)cc1OC. The van der Waals surface area contributed by atoms with Crippen LogP contribution in [0, 0.1) is 5.92 Å². The van der Waals surface area contributed by atoms with E-state index in [1.165, 1.54) is 6.42 Å². The van der Waals surface area contributed by atoms with E-state index < -0.39 is 0 Å². The fourth-order valence-electron chi connectivity index (χ4n) is 4.86. The van der Waals surface area contributed by atoms with Crippen LogP contribution in [0.2, 0.25) is 0 Å². The number of ether oxygens (including phenoxy) is 3. The lowest BCUT2D eigenvalue weighted by Gasteiger charge is -2.44. The van der Waals surface area contributed by atoms with Crippen LogP contribution in [0.5, 0.6) is 11.5 Å². The van der Waals surface area contributed by atoms with E-state index in [1.54, 1.807) is 14.2 Å². The summed E-state index contributed by atoms with van der Waals surface area (Å²) in [6, 6.07) is 6.10. The first-order valence-corrected chi connectivity index (χ1v) is 8.85. The molecule has 3 fully saturated rings. The van der Waals surface area contributed by atoms with Gasteiger partial charge in [-0.05, 0) is 49.8 Å². The Morgan fingerprint density at radius 2 is 2.08 bits per heavy atom. The highest BCUT2D eigenvalue weighted by atomic mass is 16.5. The zero-order valence-corrected chi connectivity index (χ0v) is 14.4. The molecule has 5 heteroatoms. The number of nitrogens with zero attached hydrogens (tertiary/aromatic N) is 1. The molecule has 24 heavy (non-hydrogen) atoms. The molecule has 1 amide bonds. The molecule has 1 saturated carbocycles. The summed E-state index contributed by atoms with van der Waals surface area (Å²) in [4.78, 5) is 14.7. The maximum atomic E-state index is 12.6. The Morgan fingerprint density at radius 1 is 1.25 bits per heavy atom. The van der Waals surface area contributed by atoms with E-state index in [0.717, 1.165) is 42.7 Å². The molecule has 0 N–H and O–H groups in total. The lowest BCUT2D eigenvalue weighted by atomic mass is 9.87. The number of carbonyl (C=O) groups excluding carboxylic acids is 1. The van der Waals surface area contributed by atoms with E-state index in [9.17, 15) is 4.79 Å². The predicted molar refractivity (Wildman–Crippen MR) is 89.1 cm³/mol. The molecule has 0 unspecified atom stereocenters. The number of hydrogen-bond acceptors (Lipinski definition) is 4. The molecule has 0 aromatic heterocycles. The summed E-state index contributed by atoms with van der Waals surface area (Å²) in [7, 11) is 3.28. The number of hydrogen-bond donors (Lipinski definition) is 0. The average molecular weight is 331 g/mol. The molecule has 1 aromatic rings. The number of methoxy groups -OCH3 is 2. The second-order valence-corrected chi connectivity index (χ2v) is 7.09. The first kappa shape index (κ1) is 15.8. The third kappa shape index (κ3) is 2.29. The Balaban J connectivity index is 1.58. The molecular weight excluding hydrogens is 306 g/mol. The van der Waals surface area contributed by atoms with E-state index in [4.69, 9.17) is 14.2 Å². The van der Waals surface area contributed by atoms with Gasteiger partial charge in [-0.3, -0.25) is 4.79 Å². The predicted octanol–water partition coefficient (Wildman–Crippen LogP) is 2.76. The van der Waals surface area contributed by atoms with Crippen molar-refractivity contribution >= 4 is 5.91 Å². The van der Waals surface area contributed by atoms with Crippen LogP contribution in [-0.2, 0) is 16.0 Å². The fraction of sp³-hybridized carbons (Fsp3) is 0.632. The second kappa shape index (κ2) is 5.96. The van der Waals surface area contributed by atoms with Gasteiger partial charge in [0, 0.05) is 12.3 Å². The quantitative estimate of drug-likeness (QED) is 0.851. The van der Waals surface area contributed by atoms with Gasteiger partial charge in [-0.15, -0.1) is 0 Å². The van der Waals surface area contributed by atoms with E-state index in [1.807, 2.05) is 18.2 Å². The summed E-state index contributed by atoms with van der Waals surface area (Å²) in [5.41, 5.74) is 0.836. The van der Waals surface area contributed by atoms with Crippen molar-refractivity contribution in [2.75, 3.05) is 20.8 Å². The molecule has 0 bridgehead atoms. The van der Waals surface area contributed by atoms with Gasteiger partial charge >= 0.3 is 0 Å². The normalized spacial score (nSPS) is 31.8. The number of amides is 1. The summed E-state index contributed by atoms with van der Waals surface area (Å²) < 4.78 is 17.0. The summed E-state index contributed by atoms with van der Waals surface area (Å²) in [6.45, 7) is 0.636. The summed E-state index contributed by atoms with van der Waals surface area (Å²) in [6.07, 6.45) is 5.79. The number of piperidine rings is 1. The van der Waals surface area contributed by atoms with Crippen LogP contribution < -0.4 is 9.47 Å². The van der Waals surface area contributed by atoms with Crippen molar-refractivity contribution in [1.82, 2.24) is 4.90 Å². The van der Waals surface area contributed by atoms with Gasteiger partial charge < -0.3 is 19.1 Å². The van der Waals surface area contributed by atoms with Crippen molar-refractivity contribution in [3.05, 3.63) is 23.8 Å². The van der Waals surface area contributed by atoms with Gasteiger partial charge in [0.2, 0.25) is 5.91 Å². The van der Waals surface area contributed by atoms with E-state index in [2.05, 4.69) is 4.90 Å². The second-order valence-electron chi connectivity index (χ2n) is 7.09. The van der Waals surface area contributed by atoms with Crippen LogP contribution in [-0.4, -0.2) is 43.4 Å². The molecule has 1 aromatic carbocycles. The zero-order chi connectivity index (χ0) is 16.7. The summed E-state index contributed by atoms with van der Waals surface area (Å²) >= 11 is 0. The van der Waals surface area contributed by atoms with Gasteiger partial charge in [0.25, 0.3) is 0 Å². The Hall–Kier alpha value is -1.75. The van der Waals surface area contributed by atoms with Crippen molar-refractivity contribution in [2.24, 2.45) is 5.92 Å². The van der Waals surface area contributed by atoms with Crippen LogP contribution in [0.3, 0.4) is 0 Å². The first-order chi connectivity index (χ1) is 11.7. The number of carbonyl (C=O) groups is 1. The Morgan fingerprint density at radius 3 is 2.88 bits per heavy atom. The minimum Gasteiger partial charge on any atom is -0.493 e. The van der Waals surface area contributed by atoms with Gasteiger partial charge in [0.1, 0.15) is 5.72 Å². The van der Waals surface area contributed by atoms with Crippen molar-refractivity contribution in [3.8, 4) is 11.5 Å². The van der Waals surface area contributed by atoms with Crippen LogP contribution in [0.1, 0.15) is 37.7 Å². The minimum atomic E-state index is -0.309. The van der Waals surface area contributed by atoms with Crippen LogP contribution in [0.25, 0.3) is 0 Å². The highest BCUT2D eigenvalue weighted by Crippen LogP contribution is 2.51. The van der Waals surface area contributed by atoms with E-state index in [0.29, 0.717) is 18.9 Å². The molecule has 3 aliphatic rings. The van der Waals surface area contributed by atoms with Crippen molar-refractivity contribution in [1.29, 1.82) is 0 Å². The van der Waals surface area contributed by atoms with Crippen LogP contribution in [0.4, 0.5) is 0 Å². The Labute approximate surface area is 142 Å². The molecule has 4 rings (SSSR count). The summed E-state index contributed by atoms with van der Waals surface area (Å²) in [5.74, 6) is 2.24. The maximum absolute atomic E-state index is 12.6. The van der Waals surface area contributed by atoms with Crippen molar-refractivity contribution < 1.29 is 19.0 Å². The molecule has 2 heterocycles. The largest absolute Gasteiger partial charge is 0.493 e. The molecule has 3 atom stereocenters. The topological polar surface area (TPSA) is 48.0 Å². The molecule has 1 aliphatic carbocycles. The van der Waals surface area contributed by atoms with Gasteiger partial charge in [-0.1, -0.05) is 6.07 Å². The van der Waals surface area contributed by atoms with Crippen molar-refractivity contribution in [2.45, 2.75) is 50.3 Å². The zero-order valence-electron chi connectivity index (χ0n) is 14.4. The maximum Gasteiger partial charge on any atom is 0.225 e.